The minimum Gasteiger partial charge on any atom is -0.497 e. The molecule has 2 saturated heterocycles. The zero-order valence-electron chi connectivity index (χ0n) is 19.3. The van der Waals surface area contributed by atoms with E-state index in [4.69, 9.17) is 4.74 Å². The highest BCUT2D eigenvalue weighted by Gasteiger charge is 2.41. The highest BCUT2D eigenvalue weighted by molar-refractivity contribution is 14.0. The molecule has 0 spiro atoms. The summed E-state index contributed by atoms with van der Waals surface area (Å²) in [6, 6.07) is 8.69. The summed E-state index contributed by atoms with van der Waals surface area (Å²) in [4.78, 5) is 8.96. The number of hydrogen-bond donors (Lipinski definition) is 1. The fraction of sp³-hybridized carbons (Fsp3) is 0.682. The van der Waals surface area contributed by atoms with Crippen LogP contribution in [0, 0.1) is 5.92 Å². The number of halogens is 1. The molecule has 0 aliphatic carbocycles. The third-order valence-electron chi connectivity index (χ3n) is 6.54. The third kappa shape index (κ3) is 5.84. The van der Waals surface area contributed by atoms with Gasteiger partial charge in [-0.25, -0.2) is 8.42 Å². The molecular weight excluding hydrogens is 527 g/mol. The molecule has 2 unspecified atom stereocenters. The lowest BCUT2D eigenvalue weighted by atomic mass is 9.85. The number of hydrogen-bond acceptors (Lipinski definition) is 5. The van der Waals surface area contributed by atoms with Gasteiger partial charge in [0.05, 0.1) is 17.6 Å². The molecule has 1 aromatic rings. The Labute approximate surface area is 204 Å². The van der Waals surface area contributed by atoms with Gasteiger partial charge in [0.1, 0.15) is 5.75 Å². The number of rotatable bonds is 4. The number of piperidine rings is 1. The van der Waals surface area contributed by atoms with Crippen molar-refractivity contribution in [2.24, 2.45) is 10.9 Å². The Bertz CT molecular complexity index is 858. The maximum Gasteiger partial charge on any atom is 0.193 e. The average Bonchev–Trinajstić information content (AvgIpc) is 2.71. The smallest absolute Gasteiger partial charge is 0.193 e. The molecule has 9 heteroatoms. The van der Waals surface area contributed by atoms with Crippen molar-refractivity contribution in [1.82, 2.24) is 15.1 Å². The number of nitrogens with zero attached hydrogens (tertiary/aromatic N) is 3. The first-order valence-corrected chi connectivity index (χ1v) is 12.4. The van der Waals surface area contributed by atoms with Crippen molar-refractivity contribution in [2.75, 3.05) is 53.1 Å². The van der Waals surface area contributed by atoms with Gasteiger partial charge in [0.25, 0.3) is 0 Å². The Morgan fingerprint density at radius 3 is 2.52 bits per heavy atom. The lowest BCUT2D eigenvalue weighted by Gasteiger charge is -2.42. The number of sulfone groups is 1. The maximum absolute atomic E-state index is 12.3. The van der Waals surface area contributed by atoms with Crippen molar-refractivity contribution in [2.45, 2.75) is 37.5 Å². The molecule has 2 aliphatic rings. The van der Waals surface area contributed by atoms with E-state index in [0.717, 1.165) is 31.2 Å². The summed E-state index contributed by atoms with van der Waals surface area (Å²) in [6.07, 6.45) is 2.31. The summed E-state index contributed by atoms with van der Waals surface area (Å²) in [6.45, 7) is 6.44. The van der Waals surface area contributed by atoms with Crippen molar-refractivity contribution in [3.05, 3.63) is 29.8 Å². The van der Waals surface area contributed by atoms with Gasteiger partial charge >= 0.3 is 0 Å². The number of aliphatic imine (C=N–C) groups is 1. The predicted molar refractivity (Wildman–Crippen MR) is 137 cm³/mol. The van der Waals surface area contributed by atoms with E-state index in [9.17, 15) is 8.42 Å². The minimum absolute atomic E-state index is 0. The largest absolute Gasteiger partial charge is 0.497 e. The molecule has 0 amide bonds. The van der Waals surface area contributed by atoms with Gasteiger partial charge < -0.3 is 15.0 Å². The molecule has 1 N–H and O–H groups in total. The topological polar surface area (TPSA) is 74.2 Å². The summed E-state index contributed by atoms with van der Waals surface area (Å²) in [7, 11) is 2.58. The molecule has 31 heavy (non-hydrogen) atoms. The van der Waals surface area contributed by atoms with Crippen LogP contribution in [-0.2, 0) is 9.84 Å². The SMILES string of the molecule is CN=C(NCC1CCCN(C)C1c1ccc(OC)cc1)N1CCS(=O)(=O)C(C)(C)C1.I. The second-order valence-electron chi connectivity index (χ2n) is 9.03. The summed E-state index contributed by atoms with van der Waals surface area (Å²) in [5.41, 5.74) is 1.30. The molecule has 0 bridgehead atoms. The van der Waals surface area contributed by atoms with E-state index in [-0.39, 0.29) is 29.7 Å². The van der Waals surface area contributed by atoms with E-state index in [0.29, 0.717) is 25.0 Å². The molecule has 2 fully saturated rings. The van der Waals surface area contributed by atoms with Crippen LogP contribution in [0.3, 0.4) is 0 Å². The van der Waals surface area contributed by atoms with E-state index in [1.165, 1.54) is 12.0 Å². The second-order valence-corrected chi connectivity index (χ2v) is 11.8. The van der Waals surface area contributed by atoms with E-state index >= 15 is 0 Å². The Hall–Kier alpha value is -1.07. The molecule has 2 heterocycles. The molecule has 176 valence electrons. The van der Waals surface area contributed by atoms with Gasteiger partial charge in [0.2, 0.25) is 0 Å². The maximum atomic E-state index is 12.3. The molecule has 0 aromatic heterocycles. The van der Waals surface area contributed by atoms with Crippen LogP contribution in [0.25, 0.3) is 0 Å². The van der Waals surface area contributed by atoms with Gasteiger partial charge in [0.15, 0.2) is 15.8 Å². The zero-order valence-corrected chi connectivity index (χ0v) is 22.4. The Morgan fingerprint density at radius 2 is 1.94 bits per heavy atom. The van der Waals surface area contributed by atoms with E-state index in [2.05, 4.69) is 39.3 Å². The van der Waals surface area contributed by atoms with Crippen LogP contribution in [0.5, 0.6) is 5.75 Å². The minimum atomic E-state index is -3.07. The normalized spacial score (nSPS) is 26.1. The van der Waals surface area contributed by atoms with Gasteiger partial charge in [-0.1, -0.05) is 12.1 Å². The predicted octanol–water partition coefficient (Wildman–Crippen LogP) is 2.78. The summed E-state index contributed by atoms with van der Waals surface area (Å²) >= 11 is 0. The number of benzene rings is 1. The van der Waals surface area contributed by atoms with Crippen molar-refractivity contribution in [3.8, 4) is 5.75 Å². The highest BCUT2D eigenvalue weighted by Crippen LogP contribution is 2.35. The number of likely N-dealkylation sites (tertiary alicyclic amines) is 1. The number of nitrogens with one attached hydrogen (secondary N) is 1. The Morgan fingerprint density at radius 1 is 1.26 bits per heavy atom. The van der Waals surface area contributed by atoms with Crippen molar-refractivity contribution in [1.29, 1.82) is 0 Å². The fourth-order valence-corrected chi connectivity index (χ4v) is 6.05. The first-order chi connectivity index (χ1) is 14.2. The van der Waals surface area contributed by atoms with E-state index in [1.54, 1.807) is 28.0 Å². The van der Waals surface area contributed by atoms with Gasteiger partial charge in [-0.2, -0.15) is 0 Å². The van der Waals surface area contributed by atoms with Crippen molar-refractivity contribution >= 4 is 39.8 Å². The number of ether oxygens (including phenoxy) is 1. The summed E-state index contributed by atoms with van der Waals surface area (Å²) < 4.78 is 29.2. The van der Waals surface area contributed by atoms with Crippen molar-refractivity contribution in [3.63, 3.8) is 0 Å². The van der Waals surface area contributed by atoms with Crippen LogP contribution in [-0.4, -0.2) is 82.1 Å². The Kier molecular flexibility index (Phi) is 9.04. The van der Waals surface area contributed by atoms with Gasteiger partial charge in [-0.3, -0.25) is 9.89 Å². The molecule has 0 saturated carbocycles. The monoisotopic (exact) mass is 564 g/mol. The van der Waals surface area contributed by atoms with Crippen LogP contribution in [0.4, 0.5) is 0 Å². The Balaban J connectivity index is 0.00000341. The fourth-order valence-electron chi connectivity index (χ4n) is 4.68. The van der Waals surface area contributed by atoms with Crippen LogP contribution < -0.4 is 10.1 Å². The summed E-state index contributed by atoms with van der Waals surface area (Å²) in [5, 5.41) is 3.55. The quantitative estimate of drug-likeness (QED) is 0.345. The third-order valence-corrected chi connectivity index (χ3v) is 9.07. The van der Waals surface area contributed by atoms with Crippen LogP contribution in [0.2, 0.25) is 0 Å². The number of methoxy groups -OCH3 is 1. The lowest BCUT2D eigenvalue weighted by Crippen LogP contribution is -2.57. The zero-order chi connectivity index (χ0) is 21.9. The summed E-state index contributed by atoms with van der Waals surface area (Å²) in [5.74, 6) is 2.27. The number of guanidine groups is 1. The van der Waals surface area contributed by atoms with Gasteiger partial charge in [-0.15, -0.1) is 24.0 Å². The molecule has 3 rings (SSSR count). The molecule has 1 aromatic carbocycles. The lowest BCUT2D eigenvalue weighted by molar-refractivity contribution is 0.122. The van der Waals surface area contributed by atoms with Crippen LogP contribution >= 0.6 is 24.0 Å². The molecule has 2 aliphatic heterocycles. The molecule has 7 nitrogen and oxygen atoms in total. The standard InChI is InChI=1S/C22H36N4O3S.HI/c1-22(2)16-26(13-14-30(22,27)28)21(23-3)24-15-18-7-6-12-25(4)20(18)17-8-10-19(29-5)11-9-17;/h8-11,18,20H,6-7,12-16H2,1-5H3,(H,23,24);1H. The average molecular weight is 565 g/mol. The molecule has 2 atom stereocenters. The van der Waals surface area contributed by atoms with Crippen molar-refractivity contribution < 1.29 is 13.2 Å². The van der Waals surface area contributed by atoms with E-state index < -0.39 is 14.6 Å². The van der Waals surface area contributed by atoms with Crippen LogP contribution in [0.15, 0.2) is 29.3 Å². The van der Waals surface area contributed by atoms with Gasteiger partial charge in [0, 0.05) is 32.7 Å². The second kappa shape index (κ2) is 10.7. The van der Waals surface area contributed by atoms with Gasteiger partial charge in [-0.05, 0) is 63.9 Å². The van der Waals surface area contributed by atoms with E-state index in [1.807, 2.05) is 12.1 Å². The first kappa shape index (κ1) is 26.2. The first-order valence-electron chi connectivity index (χ1n) is 10.7. The molecular formula is C22H37IN4O3S. The molecule has 0 radical (unpaired) electrons. The highest BCUT2D eigenvalue weighted by atomic mass is 127. The van der Waals surface area contributed by atoms with Crippen LogP contribution in [0.1, 0.15) is 38.3 Å².